The summed E-state index contributed by atoms with van der Waals surface area (Å²) in [6, 6.07) is 8.35. The van der Waals surface area contributed by atoms with E-state index < -0.39 is 4.92 Å². The number of rotatable bonds is 8. The van der Waals surface area contributed by atoms with E-state index in [9.17, 15) is 10.1 Å². The summed E-state index contributed by atoms with van der Waals surface area (Å²) in [5.41, 5.74) is 3.94. The van der Waals surface area contributed by atoms with Gasteiger partial charge in [-0.25, -0.2) is 0 Å². The molecule has 0 amide bonds. The average molecular weight is 331 g/mol. The van der Waals surface area contributed by atoms with Crippen molar-refractivity contribution in [2.75, 3.05) is 13.7 Å². The maximum Gasteiger partial charge on any atom is 0.269 e. The number of oxime groups is 1. The van der Waals surface area contributed by atoms with Crippen molar-refractivity contribution in [1.82, 2.24) is 4.57 Å². The monoisotopic (exact) mass is 331 g/mol. The largest absolute Gasteiger partial charge is 0.391 e. The van der Waals surface area contributed by atoms with Crippen molar-refractivity contribution < 1.29 is 14.5 Å². The van der Waals surface area contributed by atoms with Crippen LogP contribution in [0.25, 0.3) is 0 Å². The fourth-order valence-corrected chi connectivity index (χ4v) is 2.45. The fourth-order valence-electron chi connectivity index (χ4n) is 2.45. The number of hydrogen-bond donors (Lipinski definition) is 0. The Bertz CT molecular complexity index is 737. The molecule has 0 N–H and O–H groups in total. The van der Waals surface area contributed by atoms with Crippen molar-refractivity contribution in [2.45, 2.75) is 27.0 Å². The number of methoxy groups -OCH3 is 1. The molecule has 0 bridgehead atoms. The van der Waals surface area contributed by atoms with Gasteiger partial charge in [-0.15, -0.1) is 0 Å². The molecule has 0 fully saturated rings. The highest BCUT2D eigenvalue weighted by molar-refractivity contribution is 5.81. The SMILES string of the molecule is COCCn1c(C)cc(/C=N\OCc2cccc([N+](=O)[O-])c2)c1C. The lowest BCUT2D eigenvalue weighted by molar-refractivity contribution is -0.384. The van der Waals surface area contributed by atoms with Crippen molar-refractivity contribution in [1.29, 1.82) is 0 Å². The molecule has 0 spiro atoms. The molecular formula is C17H21N3O4. The molecule has 0 atom stereocenters. The first-order valence-corrected chi connectivity index (χ1v) is 7.57. The first kappa shape index (κ1) is 17.7. The van der Waals surface area contributed by atoms with E-state index in [0.717, 1.165) is 23.5 Å². The summed E-state index contributed by atoms with van der Waals surface area (Å²) in [6.07, 6.45) is 1.66. The zero-order valence-electron chi connectivity index (χ0n) is 14.1. The van der Waals surface area contributed by atoms with Gasteiger partial charge < -0.3 is 14.1 Å². The predicted molar refractivity (Wildman–Crippen MR) is 91.3 cm³/mol. The standard InChI is InChI=1S/C17H21N3O4/c1-13-9-16(14(2)19(13)7-8-23-3)11-18-24-12-15-5-4-6-17(10-15)20(21)22/h4-6,9-11H,7-8,12H2,1-3H3/b18-11-. The summed E-state index contributed by atoms with van der Waals surface area (Å²) in [6.45, 7) is 5.67. The minimum absolute atomic E-state index is 0.0433. The normalized spacial score (nSPS) is 11.1. The lowest BCUT2D eigenvalue weighted by Gasteiger charge is -2.08. The van der Waals surface area contributed by atoms with Crippen molar-refractivity contribution in [3.05, 3.63) is 63.0 Å². The number of hydrogen-bond acceptors (Lipinski definition) is 5. The molecule has 0 radical (unpaired) electrons. The van der Waals surface area contributed by atoms with Crippen LogP contribution in [0.1, 0.15) is 22.5 Å². The Morgan fingerprint density at radius 2 is 2.12 bits per heavy atom. The van der Waals surface area contributed by atoms with Crippen LogP contribution in [0.2, 0.25) is 0 Å². The van der Waals surface area contributed by atoms with E-state index >= 15 is 0 Å². The molecule has 7 nitrogen and oxygen atoms in total. The third-order valence-electron chi connectivity index (χ3n) is 3.75. The van der Waals surface area contributed by atoms with Crippen molar-refractivity contribution >= 4 is 11.9 Å². The quantitative estimate of drug-likeness (QED) is 0.423. The Hall–Kier alpha value is -2.67. The average Bonchev–Trinajstić information content (AvgIpc) is 2.84. The summed E-state index contributed by atoms with van der Waals surface area (Å²) in [5.74, 6) is 0. The second-order valence-corrected chi connectivity index (χ2v) is 5.41. The number of aryl methyl sites for hydroxylation is 1. The van der Waals surface area contributed by atoms with Gasteiger partial charge in [0.2, 0.25) is 0 Å². The van der Waals surface area contributed by atoms with Crippen LogP contribution in [0.3, 0.4) is 0 Å². The molecule has 24 heavy (non-hydrogen) atoms. The Labute approximate surface area is 140 Å². The molecule has 2 aromatic rings. The van der Waals surface area contributed by atoms with Crippen LogP contribution in [-0.2, 0) is 22.7 Å². The van der Waals surface area contributed by atoms with Gasteiger partial charge in [0, 0.05) is 42.7 Å². The van der Waals surface area contributed by atoms with Crippen LogP contribution in [0.4, 0.5) is 5.69 Å². The van der Waals surface area contributed by atoms with Crippen LogP contribution in [0.15, 0.2) is 35.5 Å². The van der Waals surface area contributed by atoms with Crippen LogP contribution in [0, 0.1) is 24.0 Å². The fraction of sp³-hybridized carbons (Fsp3) is 0.353. The number of nitro groups is 1. The minimum atomic E-state index is -0.429. The topological polar surface area (TPSA) is 78.9 Å². The molecule has 0 aliphatic carbocycles. The first-order valence-electron chi connectivity index (χ1n) is 7.57. The predicted octanol–water partition coefficient (Wildman–Crippen LogP) is 3.21. The Balaban J connectivity index is 1.97. The van der Waals surface area contributed by atoms with E-state index in [1.807, 2.05) is 19.9 Å². The zero-order valence-corrected chi connectivity index (χ0v) is 14.1. The second kappa shape index (κ2) is 8.26. The lowest BCUT2D eigenvalue weighted by Crippen LogP contribution is -2.07. The highest BCUT2D eigenvalue weighted by atomic mass is 16.6. The summed E-state index contributed by atoms with van der Waals surface area (Å²) >= 11 is 0. The third kappa shape index (κ3) is 4.42. The Kier molecular flexibility index (Phi) is 6.08. The molecule has 1 heterocycles. The number of ether oxygens (including phenoxy) is 1. The van der Waals surface area contributed by atoms with Gasteiger partial charge in [-0.3, -0.25) is 10.1 Å². The molecule has 128 valence electrons. The smallest absolute Gasteiger partial charge is 0.269 e. The van der Waals surface area contributed by atoms with Crippen molar-refractivity contribution in [3.8, 4) is 0 Å². The Morgan fingerprint density at radius 3 is 2.83 bits per heavy atom. The van der Waals surface area contributed by atoms with E-state index in [0.29, 0.717) is 12.2 Å². The lowest BCUT2D eigenvalue weighted by atomic mass is 10.2. The maximum absolute atomic E-state index is 10.7. The van der Waals surface area contributed by atoms with E-state index in [1.165, 1.54) is 12.1 Å². The van der Waals surface area contributed by atoms with Gasteiger partial charge in [0.1, 0.15) is 6.61 Å². The van der Waals surface area contributed by atoms with E-state index in [1.54, 1.807) is 25.5 Å². The molecule has 0 saturated heterocycles. The van der Waals surface area contributed by atoms with Crippen LogP contribution >= 0.6 is 0 Å². The van der Waals surface area contributed by atoms with Gasteiger partial charge >= 0.3 is 0 Å². The summed E-state index contributed by atoms with van der Waals surface area (Å²) in [7, 11) is 1.68. The first-order chi connectivity index (χ1) is 11.5. The van der Waals surface area contributed by atoms with Crippen LogP contribution < -0.4 is 0 Å². The minimum Gasteiger partial charge on any atom is -0.391 e. The second-order valence-electron chi connectivity index (χ2n) is 5.41. The molecule has 0 aliphatic heterocycles. The number of nitrogens with zero attached hydrogens (tertiary/aromatic N) is 3. The molecule has 7 heteroatoms. The summed E-state index contributed by atoms with van der Waals surface area (Å²) in [5, 5.41) is 14.7. The van der Waals surface area contributed by atoms with Gasteiger partial charge in [0.25, 0.3) is 5.69 Å². The third-order valence-corrected chi connectivity index (χ3v) is 3.75. The summed E-state index contributed by atoms with van der Waals surface area (Å²) < 4.78 is 7.27. The van der Waals surface area contributed by atoms with Gasteiger partial charge in [-0.2, -0.15) is 0 Å². The van der Waals surface area contributed by atoms with Gasteiger partial charge in [-0.1, -0.05) is 17.3 Å². The van der Waals surface area contributed by atoms with Crippen LogP contribution in [0.5, 0.6) is 0 Å². The number of benzene rings is 1. The molecule has 2 rings (SSSR count). The summed E-state index contributed by atoms with van der Waals surface area (Å²) in [4.78, 5) is 15.6. The molecule has 0 aliphatic rings. The van der Waals surface area contributed by atoms with E-state index in [-0.39, 0.29) is 12.3 Å². The molecule has 0 unspecified atom stereocenters. The number of nitro benzene ring substituents is 1. The molecular weight excluding hydrogens is 310 g/mol. The van der Waals surface area contributed by atoms with Gasteiger partial charge in [0.15, 0.2) is 0 Å². The molecule has 0 saturated carbocycles. The maximum atomic E-state index is 10.7. The molecule has 1 aromatic carbocycles. The highest BCUT2D eigenvalue weighted by Gasteiger charge is 2.08. The highest BCUT2D eigenvalue weighted by Crippen LogP contribution is 2.15. The van der Waals surface area contributed by atoms with E-state index in [2.05, 4.69) is 9.72 Å². The number of non-ortho nitro benzene ring substituents is 1. The number of aromatic nitrogens is 1. The van der Waals surface area contributed by atoms with Gasteiger partial charge in [0.05, 0.1) is 17.7 Å². The van der Waals surface area contributed by atoms with Crippen molar-refractivity contribution in [3.63, 3.8) is 0 Å². The van der Waals surface area contributed by atoms with E-state index in [4.69, 9.17) is 9.57 Å². The zero-order chi connectivity index (χ0) is 17.5. The van der Waals surface area contributed by atoms with Crippen LogP contribution in [-0.4, -0.2) is 29.4 Å². The molecule has 1 aromatic heterocycles. The van der Waals surface area contributed by atoms with Gasteiger partial charge in [-0.05, 0) is 25.5 Å². The Morgan fingerprint density at radius 1 is 1.33 bits per heavy atom. The van der Waals surface area contributed by atoms with Crippen molar-refractivity contribution in [2.24, 2.45) is 5.16 Å².